The molecule has 1 fully saturated rings. The van der Waals surface area contributed by atoms with Crippen LogP contribution in [0.15, 0.2) is 52.3 Å². The van der Waals surface area contributed by atoms with Crippen LogP contribution < -0.4 is 4.90 Å². The first kappa shape index (κ1) is 20.8. The number of anilines is 1. The van der Waals surface area contributed by atoms with Crippen molar-refractivity contribution >= 4 is 75.0 Å². The summed E-state index contributed by atoms with van der Waals surface area (Å²) in [4.78, 5) is 25.9. The maximum atomic E-state index is 12.8. The van der Waals surface area contributed by atoms with Crippen LogP contribution in [0.3, 0.4) is 0 Å². The number of nitrogens with zero attached hydrogens (tertiary/aromatic N) is 2. The average Bonchev–Trinajstić information content (AvgIpc) is 2.94. The average molecular weight is 453 g/mol. The summed E-state index contributed by atoms with van der Waals surface area (Å²) in [6.45, 7) is -0.0727. The Bertz CT molecular complexity index is 979. The van der Waals surface area contributed by atoms with E-state index in [1.807, 2.05) is 0 Å². The van der Waals surface area contributed by atoms with E-state index >= 15 is 0 Å². The molecule has 1 heterocycles. The number of carbonyl (C=O) groups excluding carboxylic acids is 1. The molecule has 0 spiro atoms. The second-order valence-corrected chi connectivity index (χ2v) is 8.80. The number of thiocarbonyl (C=S) groups is 1. The highest BCUT2D eigenvalue weighted by Crippen LogP contribution is 2.37. The lowest BCUT2D eigenvalue weighted by Crippen LogP contribution is -2.27. The fraction of sp³-hybridized carbons (Fsp3) is 0.111. The van der Waals surface area contributed by atoms with Crippen LogP contribution >= 0.6 is 47.3 Å². The van der Waals surface area contributed by atoms with Gasteiger partial charge in [0.1, 0.15) is 0 Å². The molecule has 28 heavy (non-hydrogen) atoms. The fourth-order valence-corrected chi connectivity index (χ4v) is 4.66. The van der Waals surface area contributed by atoms with E-state index in [0.29, 0.717) is 36.1 Å². The van der Waals surface area contributed by atoms with E-state index in [1.165, 1.54) is 22.7 Å². The molecule has 0 aromatic heterocycles. The summed E-state index contributed by atoms with van der Waals surface area (Å²) in [5.41, 5.74) is 1.06. The lowest BCUT2D eigenvalue weighted by molar-refractivity contribution is -0.387. The molecule has 1 aliphatic heterocycles. The maximum Gasteiger partial charge on any atom is 0.283 e. The van der Waals surface area contributed by atoms with Gasteiger partial charge in [-0.15, -0.1) is 11.8 Å². The molecule has 0 radical (unpaired) electrons. The first-order chi connectivity index (χ1) is 13.4. The quantitative estimate of drug-likeness (QED) is 0.223. The third-order valence-electron chi connectivity index (χ3n) is 3.70. The first-order valence-electron chi connectivity index (χ1n) is 7.96. The summed E-state index contributed by atoms with van der Waals surface area (Å²) in [6, 6.07) is 11.5. The van der Waals surface area contributed by atoms with Gasteiger partial charge < -0.3 is 5.11 Å². The predicted molar refractivity (Wildman–Crippen MR) is 118 cm³/mol. The van der Waals surface area contributed by atoms with E-state index < -0.39 is 4.92 Å². The zero-order valence-electron chi connectivity index (χ0n) is 14.2. The molecular formula is C18H13ClN2O4S3. The molecule has 144 valence electrons. The summed E-state index contributed by atoms with van der Waals surface area (Å²) in [5.74, 6) is 0.0682. The van der Waals surface area contributed by atoms with Gasteiger partial charge in [-0.1, -0.05) is 41.6 Å². The van der Waals surface area contributed by atoms with Crippen molar-refractivity contribution < 1.29 is 14.8 Å². The third kappa shape index (κ3) is 4.56. The Kier molecular flexibility index (Phi) is 6.73. The number of amides is 1. The molecule has 1 amide bonds. The summed E-state index contributed by atoms with van der Waals surface area (Å²) in [5, 5.41) is 20.8. The van der Waals surface area contributed by atoms with Crippen LogP contribution in [0.25, 0.3) is 6.08 Å². The smallest absolute Gasteiger partial charge is 0.283 e. The van der Waals surface area contributed by atoms with Crippen LogP contribution in [-0.2, 0) is 4.79 Å². The Labute approximate surface area is 179 Å². The lowest BCUT2D eigenvalue weighted by atomic mass is 10.2. The van der Waals surface area contributed by atoms with Crippen molar-refractivity contribution in [2.24, 2.45) is 0 Å². The van der Waals surface area contributed by atoms with E-state index in [0.717, 1.165) is 11.8 Å². The van der Waals surface area contributed by atoms with Crippen molar-refractivity contribution in [3.05, 3.63) is 68.1 Å². The van der Waals surface area contributed by atoms with Crippen LogP contribution in [0.4, 0.5) is 11.4 Å². The molecule has 1 N–H and O–H groups in total. The molecule has 0 saturated carbocycles. The van der Waals surface area contributed by atoms with E-state index in [2.05, 4.69) is 0 Å². The van der Waals surface area contributed by atoms with Crippen LogP contribution in [0.1, 0.15) is 5.56 Å². The maximum absolute atomic E-state index is 12.8. The number of carbonyl (C=O) groups is 1. The fourth-order valence-electron chi connectivity index (χ4n) is 2.48. The molecule has 10 heteroatoms. The highest BCUT2D eigenvalue weighted by atomic mass is 35.5. The van der Waals surface area contributed by atoms with Crippen molar-refractivity contribution in [1.82, 2.24) is 0 Å². The molecule has 0 unspecified atom stereocenters. The van der Waals surface area contributed by atoms with E-state index in [9.17, 15) is 14.9 Å². The second kappa shape index (κ2) is 9.06. The van der Waals surface area contributed by atoms with Crippen LogP contribution in [0, 0.1) is 10.1 Å². The molecule has 1 saturated heterocycles. The molecule has 2 aromatic carbocycles. The van der Waals surface area contributed by atoms with Crippen molar-refractivity contribution in [3.8, 4) is 0 Å². The number of rotatable bonds is 6. The monoisotopic (exact) mass is 452 g/mol. The van der Waals surface area contributed by atoms with Gasteiger partial charge in [0.05, 0.1) is 27.0 Å². The molecule has 1 aliphatic rings. The Morgan fingerprint density at radius 1 is 1.29 bits per heavy atom. The topological polar surface area (TPSA) is 83.7 Å². The molecular weight excluding hydrogens is 440 g/mol. The van der Waals surface area contributed by atoms with Crippen LogP contribution in [-0.4, -0.2) is 32.6 Å². The molecule has 0 atom stereocenters. The molecule has 0 bridgehead atoms. The highest BCUT2D eigenvalue weighted by Gasteiger charge is 2.33. The summed E-state index contributed by atoms with van der Waals surface area (Å²) >= 11 is 13.5. The van der Waals surface area contributed by atoms with Crippen molar-refractivity contribution in [2.75, 3.05) is 17.3 Å². The van der Waals surface area contributed by atoms with Gasteiger partial charge in [-0.2, -0.15) is 0 Å². The Balaban J connectivity index is 1.90. The zero-order valence-corrected chi connectivity index (χ0v) is 17.4. The van der Waals surface area contributed by atoms with Gasteiger partial charge in [0.2, 0.25) is 0 Å². The molecule has 0 aliphatic carbocycles. The minimum absolute atomic E-state index is 0.0691. The summed E-state index contributed by atoms with van der Waals surface area (Å²) in [7, 11) is 0. The number of hydrogen-bond acceptors (Lipinski definition) is 7. The van der Waals surface area contributed by atoms with E-state index in [1.54, 1.807) is 42.5 Å². The Morgan fingerprint density at radius 2 is 2.00 bits per heavy atom. The Morgan fingerprint density at radius 3 is 2.64 bits per heavy atom. The first-order valence-corrected chi connectivity index (χ1v) is 10.5. The van der Waals surface area contributed by atoms with Gasteiger partial charge in [-0.3, -0.25) is 19.8 Å². The zero-order chi connectivity index (χ0) is 20.3. The Hall–Kier alpha value is -1.91. The lowest BCUT2D eigenvalue weighted by Gasteiger charge is -2.14. The molecule has 6 nitrogen and oxygen atoms in total. The number of aliphatic hydroxyl groups is 1. The van der Waals surface area contributed by atoms with Gasteiger partial charge in [-0.25, -0.2) is 0 Å². The number of hydrogen-bond donors (Lipinski definition) is 1. The van der Waals surface area contributed by atoms with Gasteiger partial charge in [0, 0.05) is 16.8 Å². The number of aliphatic hydroxyl groups excluding tert-OH is 1. The molecule has 3 rings (SSSR count). The third-order valence-corrected chi connectivity index (χ3v) is 6.30. The number of nitro benzene ring substituents is 1. The highest BCUT2D eigenvalue weighted by molar-refractivity contribution is 8.27. The number of benzene rings is 2. The van der Waals surface area contributed by atoms with E-state index in [4.69, 9.17) is 28.9 Å². The van der Waals surface area contributed by atoms with Crippen LogP contribution in [0.2, 0.25) is 5.02 Å². The van der Waals surface area contributed by atoms with Gasteiger partial charge in [0.15, 0.2) is 4.32 Å². The summed E-state index contributed by atoms with van der Waals surface area (Å²) < 4.78 is 0.378. The largest absolute Gasteiger partial charge is 0.396 e. The van der Waals surface area contributed by atoms with Crippen molar-refractivity contribution in [2.45, 2.75) is 4.90 Å². The van der Waals surface area contributed by atoms with Crippen LogP contribution in [0.5, 0.6) is 0 Å². The SMILES string of the molecule is O=C1C(=Cc2ccc(SCCO)c([N+](=O)[O-])c2)SC(=S)N1c1ccc(Cl)cc1. The van der Waals surface area contributed by atoms with Crippen molar-refractivity contribution in [3.63, 3.8) is 0 Å². The second-order valence-electron chi connectivity index (χ2n) is 5.55. The number of nitro groups is 1. The van der Waals surface area contributed by atoms with E-state index in [-0.39, 0.29) is 18.2 Å². The minimum atomic E-state index is -0.476. The number of thioether (sulfide) groups is 2. The summed E-state index contributed by atoms with van der Waals surface area (Å²) in [6.07, 6.45) is 1.59. The number of halogens is 1. The van der Waals surface area contributed by atoms with Gasteiger partial charge >= 0.3 is 0 Å². The standard InChI is InChI=1S/C18H13ClN2O4S3/c19-12-2-4-13(5-3-12)20-17(23)16(28-18(20)26)10-11-1-6-15(27-8-7-22)14(9-11)21(24)25/h1-6,9-10,22H,7-8H2. The predicted octanol–water partition coefficient (Wildman–Crippen LogP) is 4.74. The van der Waals surface area contributed by atoms with Gasteiger partial charge in [0.25, 0.3) is 11.6 Å². The normalized spacial score (nSPS) is 15.5. The van der Waals surface area contributed by atoms with Crippen molar-refractivity contribution in [1.29, 1.82) is 0 Å². The minimum Gasteiger partial charge on any atom is -0.396 e. The molecule has 2 aromatic rings. The van der Waals surface area contributed by atoms with Gasteiger partial charge in [-0.05, 0) is 42.0 Å².